The summed E-state index contributed by atoms with van der Waals surface area (Å²) in [4.78, 5) is 0. The molecule has 30 heavy (non-hydrogen) atoms. The van der Waals surface area contributed by atoms with E-state index in [1.54, 1.807) is 6.92 Å². The molecule has 0 aliphatic heterocycles. The molecule has 3 aromatic rings. The minimum atomic E-state index is -1.000. The number of benzene rings is 3. The van der Waals surface area contributed by atoms with E-state index in [9.17, 15) is 8.78 Å². The van der Waals surface area contributed by atoms with E-state index < -0.39 is 11.6 Å². The molecule has 1 saturated carbocycles. The number of hydrogen-bond donors (Lipinski definition) is 0. The van der Waals surface area contributed by atoms with Crippen LogP contribution in [0.2, 0.25) is 0 Å². The average Bonchev–Trinajstić information content (AvgIpc) is 3.32. The number of halogens is 2. The molecule has 0 heterocycles. The minimum absolute atomic E-state index is 0.0162. The summed E-state index contributed by atoms with van der Waals surface area (Å²) in [5, 5.41) is 0. The molecule has 1 fully saturated rings. The van der Waals surface area contributed by atoms with Gasteiger partial charge in [-0.3, -0.25) is 0 Å². The van der Waals surface area contributed by atoms with Crippen LogP contribution in [0.3, 0.4) is 0 Å². The van der Waals surface area contributed by atoms with Gasteiger partial charge in [0.15, 0.2) is 11.6 Å². The molecule has 0 radical (unpaired) electrons. The zero-order chi connectivity index (χ0) is 20.9. The molecule has 152 valence electrons. The van der Waals surface area contributed by atoms with E-state index in [-0.39, 0.29) is 17.9 Å². The summed E-state index contributed by atoms with van der Waals surface area (Å²) in [5.41, 5.74) is 4.47. The van der Waals surface area contributed by atoms with Crippen molar-refractivity contribution in [3.05, 3.63) is 89.0 Å². The van der Waals surface area contributed by atoms with Crippen LogP contribution in [0.15, 0.2) is 60.7 Å². The molecule has 0 spiro atoms. The first-order chi connectivity index (χ1) is 14.7. The molecular weight excluding hydrogens is 378 g/mol. The molecule has 0 unspecified atom stereocenters. The minimum Gasteiger partial charge on any atom is -0.491 e. The molecule has 0 saturated heterocycles. The molecule has 3 heteroatoms. The Bertz CT molecular complexity index is 1070. The Morgan fingerprint density at radius 1 is 0.800 bits per heavy atom. The van der Waals surface area contributed by atoms with Crippen LogP contribution in [-0.4, -0.2) is 6.61 Å². The Morgan fingerprint density at radius 2 is 1.43 bits per heavy atom. The summed E-state index contributed by atoms with van der Waals surface area (Å²) < 4.78 is 33.2. The lowest BCUT2D eigenvalue weighted by Gasteiger charge is -2.10. The van der Waals surface area contributed by atoms with Crippen molar-refractivity contribution in [2.45, 2.75) is 38.5 Å². The maximum Gasteiger partial charge on any atom is 0.201 e. The standard InChI is InChI=1S/C27H24F2O/c1-2-30-25-18-17-24(26(28)27(25)29)12-9-19-7-10-21(11-8-19)23-15-13-22(14-16-23)20-5-3-4-6-20/h7-8,10-11,13-18,20H,2-6H2,1H3. The summed E-state index contributed by atoms with van der Waals surface area (Å²) in [5.74, 6) is 4.26. The van der Waals surface area contributed by atoms with Crippen LogP contribution < -0.4 is 4.74 Å². The van der Waals surface area contributed by atoms with E-state index in [1.807, 2.05) is 24.3 Å². The van der Waals surface area contributed by atoms with Crippen LogP contribution in [-0.2, 0) is 0 Å². The fourth-order valence-corrected chi connectivity index (χ4v) is 3.99. The van der Waals surface area contributed by atoms with Crippen molar-refractivity contribution in [2.75, 3.05) is 6.61 Å². The van der Waals surface area contributed by atoms with Gasteiger partial charge < -0.3 is 4.74 Å². The van der Waals surface area contributed by atoms with Crippen molar-refractivity contribution in [2.24, 2.45) is 0 Å². The van der Waals surface area contributed by atoms with Gasteiger partial charge in [0.05, 0.1) is 12.2 Å². The maximum atomic E-state index is 14.2. The highest BCUT2D eigenvalue weighted by Gasteiger charge is 2.16. The molecule has 0 atom stereocenters. The van der Waals surface area contributed by atoms with Crippen molar-refractivity contribution < 1.29 is 13.5 Å². The normalized spacial score (nSPS) is 13.7. The first-order valence-corrected chi connectivity index (χ1v) is 10.5. The van der Waals surface area contributed by atoms with Crippen LogP contribution in [0, 0.1) is 23.5 Å². The largest absolute Gasteiger partial charge is 0.491 e. The molecular formula is C27H24F2O. The summed E-state index contributed by atoms with van der Waals surface area (Å²) in [6.45, 7) is 2.00. The van der Waals surface area contributed by atoms with Gasteiger partial charge in [-0.05, 0) is 66.6 Å². The van der Waals surface area contributed by atoms with Gasteiger partial charge in [-0.1, -0.05) is 61.1 Å². The lowest BCUT2D eigenvalue weighted by molar-refractivity contribution is 0.314. The van der Waals surface area contributed by atoms with Crippen LogP contribution >= 0.6 is 0 Å². The van der Waals surface area contributed by atoms with E-state index >= 15 is 0 Å². The van der Waals surface area contributed by atoms with Gasteiger partial charge in [0.2, 0.25) is 5.82 Å². The van der Waals surface area contributed by atoms with Crippen molar-refractivity contribution >= 4 is 0 Å². The van der Waals surface area contributed by atoms with Crippen LogP contribution in [0.25, 0.3) is 11.1 Å². The Labute approximate surface area is 176 Å². The summed E-state index contributed by atoms with van der Waals surface area (Å²) in [6.07, 6.45) is 5.27. The van der Waals surface area contributed by atoms with Gasteiger partial charge in [0, 0.05) is 5.56 Å². The van der Waals surface area contributed by atoms with Crippen LogP contribution in [0.5, 0.6) is 5.75 Å². The number of ether oxygens (including phenoxy) is 1. The Hall–Kier alpha value is -3.12. The Balaban J connectivity index is 1.49. The molecule has 4 rings (SSSR count). The zero-order valence-corrected chi connectivity index (χ0v) is 17.1. The van der Waals surface area contributed by atoms with E-state index in [0.29, 0.717) is 5.92 Å². The second-order valence-electron chi connectivity index (χ2n) is 7.60. The fourth-order valence-electron chi connectivity index (χ4n) is 3.99. The maximum absolute atomic E-state index is 14.2. The highest BCUT2D eigenvalue weighted by molar-refractivity contribution is 5.65. The number of rotatable bonds is 4. The zero-order valence-electron chi connectivity index (χ0n) is 17.1. The second-order valence-corrected chi connectivity index (χ2v) is 7.60. The van der Waals surface area contributed by atoms with Crippen molar-refractivity contribution in [1.29, 1.82) is 0 Å². The lowest BCUT2D eigenvalue weighted by Crippen LogP contribution is -1.98. The quantitative estimate of drug-likeness (QED) is 0.423. The molecule has 3 aromatic carbocycles. The van der Waals surface area contributed by atoms with Crippen LogP contribution in [0.4, 0.5) is 8.78 Å². The second kappa shape index (κ2) is 9.13. The van der Waals surface area contributed by atoms with E-state index in [0.717, 1.165) is 16.7 Å². The fraction of sp³-hybridized carbons (Fsp3) is 0.259. The molecule has 0 bridgehead atoms. The van der Waals surface area contributed by atoms with Gasteiger partial charge in [-0.2, -0.15) is 4.39 Å². The van der Waals surface area contributed by atoms with E-state index in [1.165, 1.54) is 43.4 Å². The summed E-state index contributed by atoms with van der Waals surface area (Å²) in [6, 6.07) is 19.5. The SMILES string of the molecule is CCOc1ccc(C#Cc2ccc(-c3ccc(C4CCCC4)cc3)cc2)c(F)c1F. The van der Waals surface area contributed by atoms with E-state index in [2.05, 4.69) is 36.1 Å². The molecule has 1 aliphatic carbocycles. The lowest BCUT2D eigenvalue weighted by atomic mass is 9.95. The monoisotopic (exact) mass is 402 g/mol. The van der Waals surface area contributed by atoms with Crippen molar-refractivity contribution in [3.63, 3.8) is 0 Å². The Morgan fingerprint density at radius 3 is 2.07 bits per heavy atom. The average molecular weight is 402 g/mol. The molecule has 0 N–H and O–H groups in total. The summed E-state index contributed by atoms with van der Waals surface area (Å²) >= 11 is 0. The van der Waals surface area contributed by atoms with Gasteiger partial charge in [-0.15, -0.1) is 0 Å². The number of hydrogen-bond acceptors (Lipinski definition) is 1. The third-order valence-electron chi connectivity index (χ3n) is 5.64. The third kappa shape index (κ3) is 4.39. The third-order valence-corrected chi connectivity index (χ3v) is 5.64. The molecule has 0 aromatic heterocycles. The van der Waals surface area contributed by atoms with Gasteiger partial charge in [-0.25, -0.2) is 4.39 Å². The van der Waals surface area contributed by atoms with E-state index in [4.69, 9.17) is 4.74 Å². The van der Waals surface area contributed by atoms with Crippen molar-refractivity contribution in [1.82, 2.24) is 0 Å². The molecule has 0 amide bonds. The molecule has 1 nitrogen and oxygen atoms in total. The van der Waals surface area contributed by atoms with Gasteiger partial charge >= 0.3 is 0 Å². The van der Waals surface area contributed by atoms with Crippen LogP contribution in [0.1, 0.15) is 55.2 Å². The highest BCUT2D eigenvalue weighted by Crippen LogP contribution is 2.34. The van der Waals surface area contributed by atoms with Gasteiger partial charge in [0.1, 0.15) is 0 Å². The van der Waals surface area contributed by atoms with Crippen molar-refractivity contribution in [3.8, 4) is 28.7 Å². The Kier molecular flexibility index (Phi) is 6.14. The topological polar surface area (TPSA) is 9.23 Å². The first-order valence-electron chi connectivity index (χ1n) is 10.5. The van der Waals surface area contributed by atoms with Gasteiger partial charge in [0.25, 0.3) is 0 Å². The first kappa shape index (κ1) is 20.2. The molecule has 1 aliphatic rings. The highest BCUT2D eigenvalue weighted by atomic mass is 19.2. The summed E-state index contributed by atoms with van der Waals surface area (Å²) in [7, 11) is 0. The predicted octanol–water partition coefficient (Wildman–Crippen LogP) is 7.09. The predicted molar refractivity (Wildman–Crippen MR) is 117 cm³/mol. The smallest absolute Gasteiger partial charge is 0.201 e.